The molecule has 4 aromatic rings. The van der Waals surface area contributed by atoms with Crippen LogP contribution >= 0.6 is 27.7 Å². The third kappa shape index (κ3) is 6.55. The Labute approximate surface area is 230 Å². The van der Waals surface area contributed by atoms with Crippen LogP contribution in [0.5, 0.6) is 5.75 Å². The zero-order valence-corrected chi connectivity index (χ0v) is 22.4. The molecule has 0 saturated heterocycles. The van der Waals surface area contributed by atoms with E-state index in [0.717, 1.165) is 23.2 Å². The minimum Gasteiger partial charge on any atom is -0.502 e. The highest BCUT2D eigenvalue weighted by Crippen LogP contribution is 2.32. The number of benzene rings is 3. The molecule has 0 atom stereocenters. The minimum atomic E-state index is -0.708. The van der Waals surface area contributed by atoms with Gasteiger partial charge in [0.2, 0.25) is 5.75 Å². The van der Waals surface area contributed by atoms with E-state index in [1.807, 2.05) is 66.1 Å². The molecule has 11 nitrogen and oxygen atoms in total. The summed E-state index contributed by atoms with van der Waals surface area (Å²) >= 11 is 4.34. The summed E-state index contributed by atoms with van der Waals surface area (Å²) in [5.41, 5.74) is 4.91. The highest BCUT2D eigenvalue weighted by atomic mass is 79.9. The Hall–Kier alpha value is -4.23. The summed E-state index contributed by atoms with van der Waals surface area (Å²) in [5, 5.41) is 37.5. The maximum atomic E-state index is 12.4. The molecule has 0 bridgehead atoms. The van der Waals surface area contributed by atoms with Crippen LogP contribution < -0.4 is 10.7 Å². The van der Waals surface area contributed by atoms with Crippen molar-refractivity contribution in [3.63, 3.8) is 0 Å². The zero-order valence-electron chi connectivity index (χ0n) is 20.0. The van der Waals surface area contributed by atoms with Gasteiger partial charge in [0.15, 0.2) is 11.0 Å². The van der Waals surface area contributed by atoms with Gasteiger partial charge in [-0.3, -0.25) is 19.5 Å². The van der Waals surface area contributed by atoms with Crippen molar-refractivity contribution in [1.29, 1.82) is 0 Å². The highest BCUT2D eigenvalue weighted by Gasteiger charge is 2.18. The number of rotatable bonds is 10. The number of hydrazone groups is 1. The monoisotopic (exact) mass is 595 g/mol. The molecular weight excluding hydrogens is 574 g/mol. The number of nitro groups is 1. The van der Waals surface area contributed by atoms with Crippen molar-refractivity contribution in [2.45, 2.75) is 18.6 Å². The molecule has 0 radical (unpaired) electrons. The Morgan fingerprint density at radius 2 is 1.92 bits per heavy atom. The number of aryl methyl sites for hydroxylation is 1. The number of carbonyl (C=O) groups is 1. The van der Waals surface area contributed by atoms with E-state index < -0.39 is 22.3 Å². The Morgan fingerprint density at radius 1 is 1.18 bits per heavy atom. The summed E-state index contributed by atoms with van der Waals surface area (Å²) in [7, 11) is 0. The van der Waals surface area contributed by atoms with E-state index in [1.165, 1.54) is 23.9 Å². The molecule has 4 rings (SSSR count). The van der Waals surface area contributed by atoms with Crippen molar-refractivity contribution in [3.8, 4) is 11.4 Å². The van der Waals surface area contributed by atoms with E-state index in [0.29, 0.717) is 22.0 Å². The summed E-state index contributed by atoms with van der Waals surface area (Å²) in [4.78, 5) is 22.8. The van der Waals surface area contributed by atoms with E-state index in [9.17, 15) is 20.0 Å². The Balaban J connectivity index is 1.44. The van der Waals surface area contributed by atoms with Crippen LogP contribution in [0.15, 0.2) is 81.5 Å². The van der Waals surface area contributed by atoms with Crippen LogP contribution in [0.2, 0.25) is 0 Å². The number of amides is 1. The average molecular weight is 596 g/mol. The average Bonchev–Trinajstić information content (AvgIpc) is 3.32. The van der Waals surface area contributed by atoms with Gasteiger partial charge in [0.1, 0.15) is 0 Å². The molecular formula is C25H22BrN7O4S. The molecule has 1 amide bonds. The quantitative estimate of drug-likeness (QED) is 0.102. The van der Waals surface area contributed by atoms with Gasteiger partial charge < -0.3 is 10.4 Å². The van der Waals surface area contributed by atoms with Gasteiger partial charge in [0.05, 0.1) is 23.4 Å². The third-order valence-electron chi connectivity index (χ3n) is 5.30. The van der Waals surface area contributed by atoms with Crippen LogP contribution in [0.25, 0.3) is 5.69 Å². The van der Waals surface area contributed by atoms with E-state index >= 15 is 0 Å². The van der Waals surface area contributed by atoms with Gasteiger partial charge in [-0.2, -0.15) is 5.10 Å². The summed E-state index contributed by atoms with van der Waals surface area (Å²) in [6, 6.07) is 20.2. The fraction of sp³-hybridized carbons (Fsp3) is 0.120. The number of phenolic OH excluding ortho intramolecular Hbond substituents is 1. The molecule has 0 aliphatic carbocycles. The molecule has 0 aliphatic heterocycles. The molecule has 194 valence electrons. The smallest absolute Gasteiger partial charge is 0.312 e. The molecule has 0 aliphatic rings. The Bertz CT molecular complexity index is 1490. The van der Waals surface area contributed by atoms with Crippen LogP contribution in [-0.2, 0) is 11.3 Å². The number of hydrogen-bond donors (Lipinski definition) is 3. The minimum absolute atomic E-state index is 0.0157. The lowest BCUT2D eigenvalue weighted by Gasteiger charge is -2.12. The second kappa shape index (κ2) is 12.3. The van der Waals surface area contributed by atoms with Gasteiger partial charge >= 0.3 is 5.69 Å². The predicted octanol–water partition coefficient (Wildman–Crippen LogP) is 4.81. The lowest BCUT2D eigenvalue weighted by Crippen LogP contribution is -2.20. The SMILES string of the molecule is Cc1ccccc1NCc1nnc(SCC(=O)N/N=C\c2cc(Br)cc([N+](=O)[O-])c2O)n1-c1ccccc1. The number of halogens is 1. The maximum Gasteiger partial charge on any atom is 0.312 e. The largest absolute Gasteiger partial charge is 0.502 e. The van der Waals surface area contributed by atoms with Crippen molar-refractivity contribution in [3.05, 3.63) is 98.3 Å². The van der Waals surface area contributed by atoms with Gasteiger partial charge in [-0.1, -0.05) is 64.1 Å². The molecule has 1 heterocycles. The third-order valence-corrected chi connectivity index (χ3v) is 6.69. The number of nitro benzene ring substituents is 1. The van der Waals surface area contributed by atoms with Crippen molar-refractivity contribution >= 4 is 51.2 Å². The van der Waals surface area contributed by atoms with Crippen LogP contribution in [0.4, 0.5) is 11.4 Å². The fourth-order valence-corrected chi connectivity index (χ4v) is 4.70. The van der Waals surface area contributed by atoms with E-state index in [2.05, 4.69) is 42.0 Å². The molecule has 0 unspecified atom stereocenters. The van der Waals surface area contributed by atoms with Crippen molar-refractivity contribution in [2.24, 2.45) is 5.10 Å². The molecule has 0 spiro atoms. The lowest BCUT2D eigenvalue weighted by molar-refractivity contribution is -0.385. The maximum absolute atomic E-state index is 12.4. The first-order valence-electron chi connectivity index (χ1n) is 11.2. The van der Waals surface area contributed by atoms with Gasteiger partial charge in [0, 0.05) is 27.5 Å². The van der Waals surface area contributed by atoms with Crippen molar-refractivity contribution < 1.29 is 14.8 Å². The summed E-state index contributed by atoms with van der Waals surface area (Å²) in [5.74, 6) is -0.323. The number of aromatic hydroxyl groups is 1. The second-order valence-electron chi connectivity index (χ2n) is 7.94. The van der Waals surface area contributed by atoms with Crippen molar-refractivity contribution in [2.75, 3.05) is 11.1 Å². The molecule has 1 aromatic heterocycles. The number of anilines is 1. The Kier molecular flexibility index (Phi) is 8.71. The molecule has 3 N–H and O–H groups in total. The predicted molar refractivity (Wildman–Crippen MR) is 149 cm³/mol. The van der Waals surface area contributed by atoms with Crippen LogP contribution in [-0.4, -0.2) is 42.7 Å². The van der Waals surface area contributed by atoms with E-state index in [4.69, 9.17) is 0 Å². The molecule has 13 heteroatoms. The number of nitrogens with zero attached hydrogens (tertiary/aromatic N) is 5. The first-order chi connectivity index (χ1) is 18.3. The standard InChI is InChI=1S/C25H22BrN7O4S/c1-16-7-5-6-10-20(16)27-14-22-29-31-25(32(22)19-8-3-2-4-9-19)38-15-23(34)30-28-13-17-11-18(26)12-21(24(17)35)33(36)37/h2-13,27,35H,14-15H2,1H3,(H,30,34)/b28-13-. The number of carbonyl (C=O) groups excluding carboxylic acids is 1. The number of nitrogens with one attached hydrogen (secondary N) is 2. The second-order valence-corrected chi connectivity index (χ2v) is 9.80. The lowest BCUT2D eigenvalue weighted by atomic mass is 10.2. The highest BCUT2D eigenvalue weighted by molar-refractivity contribution is 9.10. The van der Waals surface area contributed by atoms with Gasteiger partial charge in [-0.25, -0.2) is 5.43 Å². The molecule has 3 aromatic carbocycles. The number of phenols is 1. The topological polar surface area (TPSA) is 148 Å². The van der Waals surface area contributed by atoms with Gasteiger partial charge in [-0.05, 0) is 36.8 Å². The van der Waals surface area contributed by atoms with Gasteiger partial charge in [0.25, 0.3) is 5.91 Å². The van der Waals surface area contributed by atoms with Crippen molar-refractivity contribution in [1.82, 2.24) is 20.2 Å². The van der Waals surface area contributed by atoms with Crippen LogP contribution in [0.3, 0.4) is 0 Å². The number of hydrogen-bond acceptors (Lipinski definition) is 9. The summed E-state index contributed by atoms with van der Waals surface area (Å²) in [6.07, 6.45) is 1.14. The van der Waals surface area contributed by atoms with Crippen LogP contribution in [0.1, 0.15) is 17.0 Å². The molecule has 0 fully saturated rings. The first kappa shape index (κ1) is 26.8. The fourth-order valence-electron chi connectivity index (χ4n) is 3.47. The number of thioether (sulfide) groups is 1. The first-order valence-corrected chi connectivity index (χ1v) is 13.0. The molecule has 38 heavy (non-hydrogen) atoms. The normalized spacial score (nSPS) is 11.0. The van der Waals surface area contributed by atoms with E-state index in [1.54, 1.807) is 0 Å². The zero-order chi connectivity index (χ0) is 27.1. The van der Waals surface area contributed by atoms with Crippen LogP contribution in [0, 0.1) is 17.0 Å². The summed E-state index contributed by atoms with van der Waals surface area (Å²) < 4.78 is 2.27. The molecule has 0 saturated carbocycles. The Morgan fingerprint density at radius 3 is 2.66 bits per heavy atom. The summed E-state index contributed by atoms with van der Waals surface area (Å²) in [6.45, 7) is 2.44. The number of aromatic nitrogens is 3. The van der Waals surface area contributed by atoms with Gasteiger partial charge in [-0.15, -0.1) is 10.2 Å². The number of para-hydroxylation sites is 2. The van der Waals surface area contributed by atoms with E-state index in [-0.39, 0.29) is 11.3 Å².